The molecule has 0 saturated carbocycles. The van der Waals surface area contributed by atoms with Crippen LogP contribution in [-0.4, -0.2) is 25.5 Å². The van der Waals surface area contributed by atoms with Crippen molar-refractivity contribution in [2.75, 3.05) is 24.5 Å². The van der Waals surface area contributed by atoms with Crippen molar-refractivity contribution >= 4 is 11.6 Å². The summed E-state index contributed by atoms with van der Waals surface area (Å²) < 4.78 is 0. The molecule has 0 spiro atoms. The van der Waals surface area contributed by atoms with Crippen molar-refractivity contribution in [2.45, 2.75) is 19.8 Å². The van der Waals surface area contributed by atoms with E-state index in [9.17, 15) is 4.79 Å². The topological polar surface area (TPSA) is 32.3 Å². The van der Waals surface area contributed by atoms with Gasteiger partial charge in [0.25, 0.3) is 5.91 Å². The lowest BCUT2D eigenvalue weighted by atomic mass is 10.1. The summed E-state index contributed by atoms with van der Waals surface area (Å²) in [4.78, 5) is 14.5. The fourth-order valence-electron chi connectivity index (χ4n) is 3.00. The van der Waals surface area contributed by atoms with Crippen LogP contribution in [0.5, 0.6) is 0 Å². The van der Waals surface area contributed by atoms with Crippen molar-refractivity contribution in [1.29, 1.82) is 0 Å². The monoisotopic (exact) mass is 294 g/mol. The number of hydrogen-bond donors (Lipinski definition) is 1. The molecule has 1 N–H and O–H groups in total. The Morgan fingerprint density at radius 1 is 1.18 bits per heavy atom. The molecule has 1 amide bonds. The van der Waals surface area contributed by atoms with E-state index in [1.54, 1.807) is 0 Å². The Labute approximate surface area is 132 Å². The number of benzene rings is 2. The molecular weight excluding hydrogens is 272 g/mol. The number of amides is 1. The Kier molecular flexibility index (Phi) is 4.42. The van der Waals surface area contributed by atoms with Crippen LogP contribution in [0, 0.1) is 6.92 Å². The lowest BCUT2D eigenvalue weighted by molar-refractivity contribution is 0.0953. The molecule has 22 heavy (non-hydrogen) atoms. The highest BCUT2D eigenvalue weighted by Gasteiger charge is 2.17. The summed E-state index contributed by atoms with van der Waals surface area (Å²) in [5.41, 5.74) is 4.65. The highest BCUT2D eigenvalue weighted by atomic mass is 16.1. The largest absolute Gasteiger partial charge is 0.371 e. The smallest absolute Gasteiger partial charge is 0.251 e. The van der Waals surface area contributed by atoms with Gasteiger partial charge >= 0.3 is 0 Å². The second-order valence-electron chi connectivity index (χ2n) is 5.84. The molecule has 3 nitrogen and oxygen atoms in total. The van der Waals surface area contributed by atoms with Crippen LogP contribution in [0.15, 0.2) is 48.5 Å². The van der Waals surface area contributed by atoms with Crippen LogP contribution in [0.3, 0.4) is 0 Å². The highest BCUT2D eigenvalue weighted by Crippen LogP contribution is 2.27. The van der Waals surface area contributed by atoms with Crippen LogP contribution in [0.4, 0.5) is 5.69 Å². The number of carbonyl (C=O) groups is 1. The lowest BCUT2D eigenvalue weighted by Crippen LogP contribution is -2.29. The molecule has 3 heteroatoms. The molecule has 1 aliphatic rings. The second kappa shape index (κ2) is 6.65. The average molecular weight is 294 g/mol. The van der Waals surface area contributed by atoms with E-state index in [4.69, 9.17) is 0 Å². The van der Waals surface area contributed by atoms with Crippen LogP contribution in [0.1, 0.15) is 27.9 Å². The van der Waals surface area contributed by atoms with E-state index in [2.05, 4.69) is 34.5 Å². The fourth-order valence-corrected chi connectivity index (χ4v) is 3.00. The van der Waals surface area contributed by atoms with Crippen LogP contribution in [-0.2, 0) is 6.42 Å². The zero-order valence-electron chi connectivity index (χ0n) is 13.0. The van der Waals surface area contributed by atoms with E-state index >= 15 is 0 Å². The van der Waals surface area contributed by atoms with Crippen molar-refractivity contribution < 1.29 is 4.79 Å². The van der Waals surface area contributed by atoms with Gasteiger partial charge < -0.3 is 10.2 Å². The Morgan fingerprint density at radius 3 is 2.91 bits per heavy atom. The molecule has 0 saturated heterocycles. The van der Waals surface area contributed by atoms with Crippen molar-refractivity contribution in [1.82, 2.24) is 5.32 Å². The minimum Gasteiger partial charge on any atom is -0.371 e. The van der Waals surface area contributed by atoms with E-state index in [1.165, 1.54) is 11.3 Å². The standard InChI is InChI=1S/C19H22N2O/c1-15-6-4-8-17(14-15)19(22)20-11-5-12-21-13-10-16-7-2-3-9-18(16)21/h2-4,6-9,14H,5,10-13H2,1H3,(H,20,22). The maximum atomic E-state index is 12.1. The molecule has 0 unspecified atom stereocenters. The van der Waals surface area contributed by atoms with Crippen LogP contribution in [0.25, 0.3) is 0 Å². The number of nitrogens with one attached hydrogen (secondary N) is 1. The Bertz CT molecular complexity index is 666. The number of rotatable bonds is 5. The molecule has 2 aromatic rings. The molecule has 2 aromatic carbocycles. The summed E-state index contributed by atoms with van der Waals surface area (Å²) in [6.07, 6.45) is 2.09. The fraction of sp³-hybridized carbons (Fsp3) is 0.316. The van der Waals surface area contributed by atoms with Gasteiger partial charge in [0.1, 0.15) is 0 Å². The number of hydrogen-bond acceptors (Lipinski definition) is 2. The molecule has 1 aliphatic heterocycles. The van der Waals surface area contributed by atoms with Crippen LogP contribution < -0.4 is 10.2 Å². The number of para-hydroxylation sites is 1. The predicted molar refractivity (Wildman–Crippen MR) is 90.5 cm³/mol. The Morgan fingerprint density at radius 2 is 2.05 bits per heavy atom. The maximum absolute atomic E-state index is 12.1. The molecule has 0 bridgehead atoms. The summed E-state index contributed by atoms with van der Waals surface area (Å²) in [5.74, 6) is 0.0190. The van der Waals surface area contributed by atoms with E-state index in [0.717, 1.165) is 37.1 Å². The van der Waals surface area contributed by atoms with E-state index in [-0.39, 0.29) is 5.91 Å². The molecule has 0 aromatic heterocycles. The Balaban J connectivity index is 1.46. The van der Waals surface area contributed by atoms with Gasteiger partial charge in [0.05, 0.1) is 0 Å². The second-order valence-corrected chi connectivity index (χ2v) is 5.84. The normalized spacial score (nSPS) is 13.0. The summed E-state index contributed by atoms with van der Waals surface area (Å²) >= 11 is 0. The molecule has 1 heterocycles. The third-order valence-corrected chi connectivity index (χ3v) is 4.15. The number of aryl methyl sites for hydroxylation is 1. The zero-order chi connectivity index (χ0) is 15.4. The van der Waals surface area contributed by atoms with Crippen molar-refractivity contribution in [2.24, 2.45) is 0 Å². The summed E-state index contributed by atoms with van der Waals surface area (Å²) in [6.45, 7) is 4.79. The van der Waals surface area contributed by atoms with Gasteiger partial charge in [-0.25, -0.2) is 0 Å². The maximum Gasteiger partial charge on any atom is 0.251 e. The van der Waals surface area contributed by atoms with Gasteiger partial charge in [-0.3, -0.25) is 4.79 Å². The first-order valence-corrected chi connectivity index (χ1v) is 7.92. The molecule has 0 radical (unpaired) electrons. The first kappa shape index (κ1) is 14.6. The minimum absolute atomic E-state index is 0.0190. The van der Waals surface area contributed by atoms with Gasteiger partial charge in [0.2, 0.25) is 0 Å². The number of anilines is 1. The van der Waals surface area contributed by atoms with Gasteiger partial charge in [-0.15, -0.1) is 0 Å². The summed E-state index contributed by atoms with van der Waals surface area (Å²) in [5, 5.41) is 3.01. The lowest BCUT2D eigenvalue weighted by Gasteiger charge is -2.19. The number of fused-ring (bicyclic) bond motifs is 1. The van der Waals surface area contributed by atoms with Crippen LogP contribution in [0.2, 0.25) is 0 Å². The van der Waals surface area contributed by atoms with Crippen LogP contribution >= 0.6 is 0 Å². The van der Waals surface area contributed by atoms with Gasteiger partial charge in [-0.05, 0) is 43.5 Å². The van der Waals surface area contributed by atoms with Crippen molar-refractivity contribution in [3.05, 3.63) is 65.2 Å². The van der Waals surface area contributed by atoms with E-state index in [1.807, 2.05) is 31.2 Å². The summed E-state index contributed by atoms with van der Waals surface area (Å²) in [7, 11) is 0. The van der Waals surface area contributed by atoms with Gasteiger partial charge in [-0.2, -0.15) is 0 Å². The number of nitrogens with zero attached hydrogens (tertiary/aromatic N) is 1. The SMILES string of the molecule is Cc1cccc(C(=O)NCCCN2CCc3ccccc32)c1. The minimum atomic E-state index is 0.0190. The molecule has 0 aliphatic carbocycles. The van der Waals surface area contributed by atoms with E-state index in [0.29, 0.717) is 6.54 Å². The van der Waals surface area contributed by atoms with Gasteiger partial charge in [0.15, 0.2) is 0 Å². The predicted octanol–water partition coefficient (Wildman–Crippen LogP) is 3.18. The van der Waals surface area contributed by atoms with E-state index < -0.39 is 0 Å². The number of carbonyl (C=O) groups excluding carboxylic acids is 1. The average Bonchev–Trinajstić information content (AvgIpc) is 2.95. The van der Waals surface area contributed by atoms with Gasteiger partial charge in [0, 0.05) is 30.9 Å². The quantitative estimate of drug-likeness (QED) is 0.859. The zero-order valence-corrected chi connectivity index (χ0v) is 13.0. The Hall–Kier alpha value is -2.29. The third-order valence-electron chi connectivity index (χ3n) is 4.15. The van der Waals surface area contributed by atoms with Gasteiger partial charge in [-0.1, -0.05) is 35.9 Å². The molecule has 0 fully saturated rings. The molecule has 0 atom stereocenters. The third kappa shape index (κ3) is 3.30. The molecular formula is C19H22N2O. The first-order chi connectivity index (χ1) is 10.7. The molecule has 3 rings (SSSR count). The first-order valence-electron chi connectivity index (χ1n) is 7.92. The highest BCUT2D eigenvalue weighted by molar-refractivity contribution is 5.94. The summed E-state index contributed by atoms with van der Waals surface area (Å²) in [6, 6.07) is 16.3. The van der Waals surface area contributed by atoms with Crippen molar-refractivity contribution in [3.8, 4) is 0 Å². The van der Waals surface area contributed by atoms with Crippen molar-refractivity contribution in [3.63, 3.8) is 0 Å². The molecule has 114 valence electrons.